The first-order valence-electron chi connectivity index (χ1n) is 2.66. The molecule has 1 heterocycles. The molecule has 0 saturated heterocycles. The van der Waals surface area contributed by atoms with E-state index in [9.17, 15) is 0 Å². The number of ether oxygens (including phenoxy) is 1. The maximum Gasteiger partial charge on any atom is 0.187 e. The Labute approximate surface area is 52.8 Å². The molecule has 1 aliphatic heterocycles. The summed E-state index contributed by atoms with van der Waals surface area (Å²) in [5, 5.41) is 3.45. The first kappa shape index (κ1) is 5.98. The smallest absolute Gasteiger partial charge is 0.187 e. The summed E-state index contributed by atoms with van der Waals surface area (Å²) in [7, 11) is 0. The molecule has 0 radical (unpaired) electrons. The van der Waals surface area contributed by atoms with Gasteiger partial charge in [-0.1, -0.05) is 0 Å². The van der Waals surface area contributed by atoms with Crippen LogP contribution in [0.4, 0.5) is 0 Å². The SMILES string of the molecule is CC1(N=[N+]=[N-])CC=CO1. The van der Waals surface area contributed by atoms with Gasteiger partial charge >= 0.3 is 0 Å². The van der Waals surface area contributed by atoms with Gasteiger partial charge in [0.2, 0.25) is 0 Å². The Balaban J connectivity index is 2.65. The molecule has 0 spiro atoms. The molecule has 4 nitrogen and oxygen atoms in total. The lowest BCUT2D eigenvalue weighted by atomic mass is 10.2. The molecule has 0 aromatic heterocycles. The second kappa shape index (κ2) is 1.99. The van der Waals surface area contributed by atoms with Crippen molar-refractivity contribution < 1.29 is 4.74 Å². The van der Waals surface area contributed by atoms with Crippen LogP contribution < -0.4 is 0 Å². The zero-order chi connectivity index (χ0) is 6.74. The lowest BCUT2D eigenvalue weighted by Gasteiger charge is -2.15. The molecule has 0 saturated carbocycles. The van der Waals surface area contributed by atoms with E-state index in [1.54, 1.807) is 13.2 Å². The fraction of sp³-hybridized carbons (Fsp3) is 0.600. The third-order valence-corrected chi connectivity index (χ3v) is 1.17. The minimum Gasteiger partial charge on any atom is -0.489 e. The van der Waals surface area contributed by atoms with Crippen LogP contribution in [0.25, 0.3) is 10.4 Å². The highest BCUT2D eigenvalue weighted by Gasteiger charge is 2.24. The predicted molar refractivity (Wildman–Crippen MR) is 32.4 cm³/mol. The van der Waals surface area contributed by atoms with Crippen molar-refractivity contribution in [1.29, 1.82) is 0 Å². The fourth-order valence-electron chi connectivity index (χ4n) is 0.669. The van der Waals surface area contributed by atoms with Crippen LogP contribution in [-0.2, 0) is 4.74 Å². The summed E-state index contributed by atoms with van der Waals surface area (Å²) >= 11 is 0. The molecular weight excluding hydrogens is 118 g/mol. The van der Waals surface area contributed by atoms with Gasteiger partial charge in [-0.25, -0.2) is 0 Å². The largest absolute Gasteiger partial charge is 0.489 e. The van der Waals surface area contributed by atoms with E-state index in [4.69, 9.17) is 10.3 Å². The van der Waals surface area contributed by atoms with Crippen molar-refractivity contribution in [1.82, 2.24) is 0 Å². The van der Waals surface area contributed by atoms with Crippen LogP contribution in [-0.4, -0.2) is 5.72 Å². The lowest BCUT2D eigenvalue weighted by molar-refractivity contribution is 0.0707. The topological polar surface area (TPSA) is 58.0 Å². The average Bonchev–Trinajstić information content (AvgIpc) is 2.16. The van der Waals surface area contributed by atoms with Gasteiger partial charge in [-0.3, -0.25) is 0 Å². The summed E-state index contributed by atoms with van der Waals surface area (Å²) < 4.78 is 4.98. The van der Waals surface area contributed by atoms with Crippen molar-refractivity contribution in [3.05, 3.63) is 22.8 Å². The average molecular weight is 125 g/mol. The minimum atomic E-state index is -0.658. The first-order valence-corrected chi connectivity index (χ1v) is 2.66. The van der Waals surface area contributed by atoms with E-state index >= 15 is 0 Å². The summed E-state index contributed by atoms with van der Waals surface area (Å²) in [6, 6.07) is 0. The highest BCUT2D eigenvalue weighted by molar-refractivity contribution is 4.93. The van der Waals surface area contributed by atoms with Crippen LogP contribution in [0.1, 0.15) is 13.3 Å². The van der Waals surface area contributed by atoms with Gasteiger partial charge in [0, 0.05) is 11.3 Å². The Morgan fingerprint density at radius 3 is 3.11 bits per heavy atom. The van der Waals surface area contributed by atoms with Crippen molar-refractivity contribution in [2.75, 3.05) is 0 Å². The van der Waals surface area contributed by atoms with Crippen LogP contribution >= 0.6 is 0 Å². The molecular formula is C5H7N3O. The molecule has 0 N–H and O–H groups in total. The molecule has 0 aromatic carbocycles. The van der Waals surface area contributed by atoms with E-state index in [-0.39, 0.29) is 0 Å². The Hall–Kier alpha value is -1.15. The Morgan fingerprint density at radius 1 is 1.89 bits per heavy atom. The molecule has 1 unspecified atom stereocenters. The molecule has 0 aliphatic carbocycles. The standard InChI is InChI=1S/C5H7N3O/c1-5(7-8-6)3-2-4-9-5/h2,4H,3H2,1H3. The molecule has 0 bridgehead atoms. The maximum absolute atomic E-state index is 8.04. The van der Waals surface area contributed by atoms with Crippen molar-refractivity contribution in [2.24, 2.45) is 5.11 Å². The highest BCUT2D eigenvalue weighted by Crippen LogP contribution is 2.23. The van der Waals surface area contributed by atoms with Gasteiger partial charge < -0.3 is 4.74 Å². The van der Waals surface area contributed by atoms with Crippen molar-refractivity contribution in [3.8, 4) is 0 Å². The Bertz CT molecular complexity index is 173. The van der Waals surface area contributed by atoms with Crippen LogP contribution in [0.2, 0.25) is 0 Å². The summed E-state index contributed by atoms with van der Waals surface area (Å²) in [6.45, 7) is 1.74. The van der Waals surface area contributed by atoms with Crippen molar-refractivity contribution in [2.45, 2.75) is 19.1 Å². The molecule has 1 atom stereocenters. The summed E-state index contributed by atoms with van der Waals surface area (Å²) in [6.07, 6.45) is 4.04. The van der Waals surface area contributed by atoms with Gasteiger partial charge in [0.1, 0.15) is 0 Å². The molecule has 9 heavy (non-hydrogen) atoms. The molecule has 48 valence electrons. The monoisotopic (exact) mass is 125 g/mol. The van der Waals surface area contributed by atoms with Crippen LogP contribution in [0.5, 0.6) is 0 Å². The lowest BCUT2D eigenvalue weighted by Crippen LogP contribution is -2.17. The van der Waals surface area contributed by atoms with Crippen LogP contribution in [0.3, 0.4) is 0 Å². The van der Waals surface area contributed by atoms with E-state index in [0.717, 1.165) is 0 Å². The van der Waals surface area contributed by atoms with E-state index in [1.165, 1.54) is 0 Å². The second-order valence-electron chi connectivity index (χ2n) is 2.06. The van der Waals surface area contributed by atoms with Gasteiger partial charge in [-0.05, 0) is 23.6 Å². The third-order valence-electron chi connectivity index (χ3n) is 1.17. The number of rotatable bonds is 1. The summed E-state index contributed by atoms with van der Waals surface area (Å²) in [5.74, 6) is 0. The summed E-state index contributed by atoms with van der Waals surface area (Å²) in [5.41, 5.74) is 7.38. The van der Waals surface area contributed by atoms with Gasteiger partial charge in [0.05, 0.1) is 6.26 Å². The summed E-state index contributed by atoms with van der Waals surface area (Å²) in [4.78, 5) is 2.65. The van der Waals surface area contributed by atoms with E-state index in [2.05, 4.69) is 10.0 Å². The predicted octanol–water partition coefficient (Wildman–Crippen LogP) is 1.95. The zero-order valence-electron chi connectivity index (χ0n) is 5.11. The Kier molecular flexibility index (Phi) is 1.32. The first-order chi connectivity index (χ1) is 4.27. The molecule has 1 aliphatic rings. The van der Waals surface area contributed by atoms with Crippen LogP contribution in [0.15, 0.2) is 17.5 Å². The van der Waals surface area contributed by atoms with E-state index < -0.39 is 5.72 Å². The fourth-order valence-corrected chi connectivity index (χ4v) is 0.669. The maximum atomic E-state index is 8.04. The molecule has 0 amide bonds. The Morgan fingerprint density at radius 2 is 2.67 bits per heavy atom. The highest BCUT2D eigenvalue weighted by atomic mass is 16.5. The van der Waals surface area contributed by atoms with E-state index in [1.807, 2.05) is 6.08 Å². The van der Waals surface area contributed by atoms with Gasteiger partial charge in [0.15, 0.2) is 5.72 Å². The van der Waals surface area contributed by atoms with Gasteiger partial charge in [-0.2, -0.15) is 0 Å². The molecule has 0 aromatic rings. The van der Waals surface area contributed by atoms with Crippen molar-refractivity contribution >= 4 is 0 Å². The normalized spacial score (nSPS) is 31.2. The minimum absolute atomic E-state index is 0.658. The zero-order valence-corrected chi connectivity index (χ0v) is 5.11. The van der Waals surface area contributed by atoms with E-state index in [0.29, 0.717) is 6.42 Å². The van der Waals surface area contributed by atoms with Gasteiger partial charge in [0.25, 0.3) is 0 Å². The molecule has 1 rings (SSSR count). The van der Waals surface area contributed by atoms with Gasteiger partial charge in [-0.15, -0.1) is 0 Å². The van der Waals surface area contributed by atoms with Crippen LogP contribution in [0, 0.1) is 0 Å². The number of hydrogen-bond acceptors (Lipinski definition) is 2. The number of hydrogen-bond donors (Lipinski definition) is 0. The second-order valence-corrected chi connectivity index (χ2v) is 2.06. The number of nitrogens with zero attached hydrogens (tertiary/aromatic N) is 3. The third kappa shape index (κ3) is 1.15. The quantitative estimate of drug-likeness (QED) is 0.300. The van der Waals surface area contributed by atoms with Crippen molar-refractivity contribution in [3.63, 3.8) is 0 Å². The molecule has 0 fully saturated rings. The number of azide groups is 1. The molecule has 4 heteroatoms.